The van der Waals surface area contributed by atoms with Crippen molar-refractivity contribution in [1.29, 1.82) is 0 Å². The Morgan fingerprint density at radius 3 is 2.00 bits per heavy atom. The molecule has 0 aliphatic rings. The number of amides is 2. The van der Waals surface area contributed by atoms with Crippen LogP contribution in [-0.2, 0) is 14.2 Å². The van der Waals surface area contributed by atoms with Crippen molar-refractivity contribution in [2.75, 3.05) is 13.3 Å². The van der Waals surface area contributed by atoms with Gasteiger partial charge in [-0.05, 0) is 64.8 Å². The van der Waals surface area contributed by atoms with E-state index in [0.717, 1.165) is 17.2 Å². The van der Waals surface area contributed by atoms with Crippen molar-refractivity contribution in [3.63, 3.8) is 0 Å². The second-order valence-electron chi connectivity index (χ2n) is 12.1. The summed E-state index contributed by atoms with van der Waals surface area (Å²) in [4.78, 5) is 31.8. The van der Waals surface area contributed by atoms with Gasteiger partial charge in [0, 0.05) is 20.2 Å². The Hall–Kier alpha value is -2.97. The maximum atomic E-state index is 13.4. The van der Waals surface area contributed by atoms with Gasteiger partial charge in [0.2, 0.25) is 0 Å². The van der Waals surface area contributed by atoms with Gasteiger partial charge < -0.3 is 14.2 Å². The Balaban J connectivity index is 2.55. The summed E-state index contributed by atoms with van der Waals surface area (Å²) in [7, 11) is -1.35. The molecule has 2 amide bonds. The fourth-order valence-corrected chi connectivity index (χ4v) is 3.93. The molecule has 0 radical (unpaired) electrons. The van der Waals surface area contributed by atoms with E-state index in [1.165, 1.54) is 4.90 Å². The number of aliphatic imine (C=N–C) groups is 1. The van der Waals surface area contributed by atoms with Crippen LogP contribution in [0.1, 0.15) is 47.1 Å². The topological polar surface area (TPSA) is 77.4 Å². The highest BCUT2D eigenvalue weighted by molar-refractivity contribution is 6.76. The van der Waals surface area contributed by atoms with E-state index < -0.39 is 31.5 Å². The van der Waals surface area contributed by atoms with Crippen molar-refractivity contribution >= 4 is 26.1 Å². The Bertz CT molecular complexity index is 1080. The van der Waals surface area contributed by atoms with Gasteiger partial charge >= 0.3 is 12.2 Å². The van der Waals surface area contributed by atoms with E-state index in [-0.39, 0.29) is 12.6 Å². The van der Waals surface area contributed by atoms with E-state index >= 15 is 0 Å². The lowest BCUT2D eigenvalue weighted by atomic mass is 10.0. The van der Waals surface area contributed by atoms with Crippen LogP contribution in [0.2, 0.25) is 25.7 Å². The molecule has 2 aromatic carbocycles. The standard InChI is InChI=1S/C29H42N2O5Si/c1-28(2,3)35-26(32)30-25(24-17-13-16-23(20-24)22-14-11-10-12-15-22)31(27(33)36-29(4,5)6)21-34-18-19-37(7,8)9/h10-17,20H,18-19,21H2,1-9H3/b30-25+. The van der Waals surface area contributed by atoms with Crippen molar-refractivity contribution in [2.24, 2.45) is 4.99 Å². The van der Waals surface area contributed by atoms with Crippen LogP contribution in [0.5, 0.6) is 0 Å². The Kier molecular flexibility index (Phi) is 10.2. The van der Waals surface area contributed by atoms with Crippen molar-refractivity contribution in [1.82, 2.24) is 4.90 Å². The lowest BCUT2D eigenvalue weighted by Crippen LogP contribution is -2.43. The van der Waals surface area contributed by atoms with Gasteiger partial charge in [-0.15, -0.1) is 0 Å². The molecule has 0 unspecified atom stereocenters. The van der Waals surface area contributed by atoms with Crippen LogP contribution in [0.4, 0.5) is 9.59 Å². The highest BCUT2D eigenvalue weighted by atomic mass is 28.3. The second kappa shape index (κ2) is 12.5. The van der Waals surface area contributed by atoms with E-state index in [9.17, 15) is 9.59 Å². The molecule has 0 fully saturated rings. The molecule has 7 nitrogen and oxygen atoms in total. The van der Waals surface area contributed by atoms with Crippen LogP contribution in [0, 0.1) is 0 Å². The molecule has 0 aliphatic heterocycles. The van der Waals surface area contributed by atoms with Gasteiger partial charge in [-0.25, -0.2) is 14.5 Å². The van der Waals surface area contributed by atoms with E-state index in [4.69, 9.17) is 14.2 Å². The summed E-state index contributed by atoms with van der Waals surface area (Å²) >= 11 is 0. The summed E-state index contributed by atoms with van der Waals surface area (Å²) in [6.45, 7) is 17.8. The highest BCUT2D eigenvalue weighted by Crippen LogP contribution is 2.23. The molecule has 0 heterocycles. The number of nitrogens with zero attached hydrogens (tertiary/aromatic N) is 2. The van der Waals surface area contributed by atoms with Gasteiger partial charge in [0.25, 0.3) is 0 Å². The van der Waals surface area contributed by atoms with Crippen molar-refractivity contribution in [3.8, 4) is 11.1 Å². The predicted octanol–water partition coefficient (Wildman–Crippen LogP) is 7.58. The molecule has 0 saturated carbocycles. The maximum absolute atomic E-state index is 13.4. The summed E-state index contributed by atoms with van der Waals surface area (Å²) < 4.78 is 17.1. The third-order valence-electron chi connectivity index (χ3n) is 4.90. The summed E-state index contributed by atoms with van der Waals surface area (Å²) in [5.74, 6) is 0.106. The quantitative estimate of drug-likeness (QED) is 0.122. The summed E-state index contributed by atoms with van der Waals surface area (Å²) in [5.41, 5.74) is 0.973. The summed E-state index contributed by atoms with van der Waals surface area (Å²) in [6, 6.07) is 18.3. The van der Waals surface area contributed by atoms with Crippen molar-refractivity contribution < 1.29 is 23.8 Å². The van der Waals surface area contributed by atoms with Gasteiger partial charge in [-0.1, -0.05) is 68.2 Å². The van der Waals surface area contributed by atoms with Crippen LogP contribution >= 0.6 is 0 Å². The lowest BCUT2D eigenvalue weighted by molar-refractivity contribution is 0.0105. The van der Waals surface area contributed by atoms with Gasteiger partial charge in [-0.2, -0.15) is 4.99 Å². The Morgan fingerprint density at radius 1 is 0.838 bits per heavy atom. The molecule has 0 N–H and O–H groups in total. The van der Waals surface area contributed by atoms with Gasteiger partial charge in [0.05, 0.1) is 0 Å². The Labute approximate surface area is 222 Å². The number of carbonyl (C=O) groups excluding carboxylic acids is 2. The minimum absolute atomic E-state index is 0.106. The summed E-state index contributed by atoms with van der Waals surface area (Å²) in [5, 5.41) is 0. The molecule has 37 heavy (non-hydrogen) atoms. The number of ether oxygens (including phenoxy) is 3. The highest BCUT2D eigenvalue weighted by Gasteiger charge is 2.29. The zero-order valence-corrected chi connectivity index (χ0v) is 24.8. The minimum Gasteiger partial charge on any atom is -0.443 e. The monoisotopic (exact) mass is 526 g/mol. The molecule has 0 aliphatic carbocycles. The van der Waals surface area contributed by atoms with Gasteiger partial charge in [-0.3, -0.25) is 0 Å². The third-order valence-corrected chi connectivity index (χ3v) is 6.61. The normalized spacial score (nSPS) is 12.7. The Morgan fingerprint density at radius 2 is 1.43 bits per heavy atom. The van der Waals surface area contributed by atoms with E-state index in [0.29, 0.717) is 12.2 Å². The number of carbonyl (C=O) groups is 2. The molecule has 202 valence electrons. The molecular formula is C29H42N2O5Si. The van der Waals surface area contributed by atoms with Crippen molar-refractivity contribution in [2.45, 2.75) is 78.4 Å². The number of benzene rings is 2. The van der Waals surface area contributed by atoms with Crippen LogP contribution in [0.25, 0.3) is 11.1 Å². The average molecular weight is 527 g/mol. The molecule has 0 spiro atoms. The first-order valence-electron chi connectivity index (χ1n) is 12.6. The number of hydrogen-bond acceptors (Lipinski definition) is 5. The minimum atomic E-state index is -1.35. The van der Waals surface area contributed by atoms with Crippen LogP contribution in [0.15, 0.2) is 59.6 Å². The van der Waals surface area contributed by atoms with E-state index in [2.05, 4.69) is 24.6 Å². The van der Waals surface area contributed by atoms with Crippen LogP contribution in [0.3, 0.4) is 0 Å². The van der Waals surface area contributed by atoms with E-state index in [1.807, 2.05) is 48.5 Å². The average Bonchev–Trinajstić information content (AvgIpc) is 2.75. The van der Waals surface area contributed by atoms with Gasteiger partial charge in [0.15, 0.2) is 5.84 Å². The molecule has 0 aromatic heterocycles. The first-order valence-corrected chi connectivity index (χ1v) is 16.3. The predicted molar refractivity (Wildman–Crippen MR) is 152 cm³/mol. The number of hydrogen-bond donors (Lipinski definition) is 0. The first-order chi connectivity index (χ1) is 17.0. The first kappa shape index (κ1) is 30.3. The molecule has 0 atom stereocenters. The number of amidine groups is 1. The second-order valence-corrected chi connectivity index (χ2v) is 17.7. The molecular weight excluding hydrogens is 484 g/mol. The van der Waals surface area contributed by atoms with Crippen LogP contribution in [-0.4, -0.2) is 55.5 Å². The largest absolute Gasteiger partial charge is 0.443 e. The number of rotatable bonds is 7. The lowest BCUT2D eigenvalue weighted by Gasteiger charge is -2.28. The van der Waals surface area contributed by atoms with Gasteiger partial charge in [0.1, 0.15) is 17.9 Å². The third kappa shape index (κ3) is 11.3. The fraction of sp³-hybridized carbons (Fsp3) is 0.483. The zero-order valence-electron chi connectivity index (χ0n) is 23.8. The summed E-state index contributed by atoms with van der Waals surface area (Å²) in [6.07, 6.45) is -1.46. The van der Waals surface area contributed by atoms with Crippen molar-refractivity contribution in [3.05, 3.63) is 60.2 Å². The maximum Gasteiger partial charge on any atom is 0.436 e. The molecule has 0 saturated heterocycles. The molecule has 2 rings (SSSR count). The molecule has 2 aromatic rings. The SMILES string of the molecule is CC(C)(C)OC(=O)/N=C(\c1cccc(-c2ccccc2)c1)N(COCC[Si](C)(C)C)C(=O)OC(C)(C)C. The zero-order chi connectivity index (χ0) is 27.9. The van der Waals surface area contributed by atoms with Crippen LogP contribution < -0.4 is 0 Å². The fourth-order valence-electron chi connectivity index (χ4n) is 3.17. The smallest absolute Gasteiger partial charge is 0.436 e. The molecule has 0 bridgehead atoms. The molecule has 8 heteroatoms. The van der Waals surface area contributed by atoms with E-state index in [1.54, 1.807) is 47.6 Å².